The molecule has 3 N–H and O–H groups in total. The van der Waals surface area contributed by atoms with Crippen molar-refractivity contribution >= 4 is 23.7 Å². The predicted octanol–water partition coefficient (Wildman–Crippen LogP) is -0.0808. The lowest BCUT2D eigenvalue weighted by atomic mass is 10.1. The lowest BCUT2D eigenvalue weighted by Gasteiger charge is -2.21. The summed E-state index contributed by atoms with van der Waals surface area (Å²) in [6, 6.07) is -0.368. The molecule has 1 aliphatic rings. The lowest BCUT2D eigenvalue weighted by Crippen LogP contribution is -2.47. The van der Waals surface area contributed by atoms with E-state index in [4.69, 9.17) is 4.74 Å². The number of hydrogen-bond acceptors (Lipinski definition) is 8. The van der Waals surface area contributed by atoms with Crippen molar-refractivity contribution < 1.29 is 14.3 Å². The van der Waals surface area contributed by atoms with E-state index in [0.29, 0.717) is 25.5 Å². The van der Waals surface area contributed by atoms with Gasteiger partial charge in [0.2, 0.25) is 23.7 Å². The summed E-state index contributed by atoms with van der Waals surface area (Å²) in [6.45, 7) is 4.81. The Morgan fingerprint density at radius 3 is 2.67 bits per heavy atom. The van der Waals surface area contributed by atoms with E-state index < -0.39 is 6.04 Å². The molecule has 0 bridgehead atoms. The Morgan fingerprint density at radius 2 is 2.00 bits per heavy atom. The van der Waals surface area contributed by atoms with Crippen molar-refractivity contribution in [2.75, 3.05) is 23.8 Å². The molecule has 9 nitrogen and oxygen atoms in total. The zero-order chi connectivity index (χ0) is 15.2. The first kappa shape index (κ1) is 14.9. The number of carbonyl (C=O) groups is 2. The number of aromatic nitrogens is 3. The van der Waals surface area contributed by atoms with Gasteiger partial charge in [0.05, 0.1) is 6.61 Å². The Kier molecular flexibility index (Phi) is 4.85. The van der Waals surface area contributed by atoms with Crippen LogP contribution >= 0.6 is 0 Å². The number of carbonyl (C=O) groups excluding carboxylic acids is 2. The van der Waals surface area contributed by atoms with Gasteiger partial charge in [0.1, 0.15) is 6.04 Å². The number of ether oxygens (including phenoxy) is 1. The van der Waals surface area contributed by atoms with Crippen LogP contribution in [-0.4, -0.2) is 46.0 Å². The number of nitrogens with zero attached hydrogens (tertiary/aromatic N) is 3. The van der Waals surface area contributed by atoms with Crippen molar-refractivity contribution in [3.05, 3.63) is 0 Å². The molecular formula is C12H18N6O3. The van der Waals surface area contributed by atoms with Crippen molar-refractivity contribution in [1.82, 2.24) is 20.3 Å². The van der Waals surface area contributed by atoms with Gasteiger partial charge >= 0.3 is 6.01 Å². The fourth-order valence-electron chi connectivity index (χ4n) is 1.84. The Balaban J connectivity index is 2.14. The third kappa shape index (κ3) is 4.01. The van der Waals surface area contributed by atoms with E-state index in [1.807, 2.05) is 13.8 Å². The minimum Gasteiger partial charge on any atom is -0.464 e. The molecule has 0 spiro atoms. The third-order valence-electron chi connectivity index (χ3n) is 2.77. The van der Waals surface area contributed by atoms with Crippen LogP contribution < -0.4 is 20.7 Å². The normalized spacial score (nSPS) is 18.1. The van der Waals surface area contributed by atoms with Crippen LogP contribution in [0.25, 0.3) is 0 Å². The van der Waals surface area contributed by atoms with Gasteiger partial charge in [0.15, 0.2) is 0 Å². The van der Waals surface area contributed by atoms with Crippen LogP contribution in [0.4, 0.5) is 11.9 Å². The summed E-state index contributed by atoms with van der Waals surface area (Å²) < 4.78 is 5.27. The largest absolute Gasteiger partial charge is 0.464 e. The minimum absolute atomic E-state index is 0.179. The molecule has 0 aromatic carbocycles. The number of nitrogens with one attached hydrogen (secondary N) is 3. The summed E-state index contributed by atoms with van der Waals surface area (Å²) in [5.41, 5.74) is 0. The quantitative estimate of drug-likeness (QED) is 0.623. The summed E-state index contributed by atoms with van der Waals surface area (Å²) in [7, 11) is 0. The maximum absolute atomic E-state index is 11.7. The number of amides is 2. The van der Waals surface area contributed by atoms with Gasteiger partial charge in [-0.15, -0.1) is 0 Å². The SMILES string of the molecule is CCNc1nc(NC2CCC(=O)NC2=O)nc(OCC)n1. The molecule has 1 aromatic heterocycles. The van der Waals surface area contributed by atoms with E-state index in [1.165, 1.54) is 0 Å². The molecule has 1 saturated heterocycles. The second kappa shape index (κ2) is 6.82. The highest BCUT2D eigenvalue weighted by Gasteiger charge is 2.27. The minimum atomic E-state index is -0.547. The topological polar surface area (TPSA) is 118 Å². The van der Waals surface area contributed by atoms with Gasteiger partial charge < -0.3 is 15.4 Å². The van der Waals surface area contributed by atoms with E-state index in [-0.39, 0.29) is 30.2 Å². The molecule has 0 aliphatic carbocycles. The fraction of sp³-hybridized carbons (Fsp3) is 0.583. The first-order chi connectivity index (χ1) is 10.1. The van der Waals surface area contributed by atoms with Crippen LogP contribution in [0.3, 0.4) is 0 Å². The van der Waals surface area contributed by atoms with Crippen LogP contribution in [-0.2, 0) is 9.59 Å². The van der Waals surface area contributed by atoms with Crippen LogP contribution in [0.15, 0.2) is 0 Å². The number of rotatable bonds is 6. The highest BCUT2D eigenvalue weighted by molar-refractivity contribution is 6.01. The second-order valence-electron chi connectivity index (χ2n) is 4.38. The Bertz CT molecular complexity index is 511. The first-order valence-electron chi connectivity index (χ1n) is 6.85. The molecular weight excluding hydrogens is 276 g/mol. The lowest BCUT2D eigenvalue weighted by molar-refractivity contribution is -0.133. The molecule has 1 unspecified atom stereocenters. The van der Waals surface area contributed by atoms with Gasteiger partial charge in [-0.1, -0.05) is 0 Å². The summed E-state index contributed by atoms with van der Waals surface area (Å²) in [5, 5.41) is 8.14. The smallest absolute Gasteiger partial charge is 0.323 e. The summed E-state index contributed by atoms with van der Waals surface area (Å²) in [5.74, 6) is -0.0451. The molecule has 1 aliphatic heterocycles. The zero-order valence-corrected chi connectivity index (χ0v) is 12.0. The molecule has 0 radical (unpaired) electrons. The zero-order valence-electron chi connectivity index (χ0n) is 12.0. The van der Waals surface area contributed by atoms with E-state index in [9.17, 15) is 9.59 Å². The predicted molar refractivity (Wildman–Crippen MR) is 75.0 cm³/mol. The molecule has 1 fully saturated rings. The Morgan fingerprint density at radius 1 is 1.24 bits per heavy atom. The standard InChI is InChI=1S/C12H18N6O3/c1-3-13-10-16-11(18-12(17-10)21-4-2)14-7-5-6-8(19)15-9(7)20/h7H,3-6H2,1-2H3,(H,15,19,20)(H2,13,14,16,17,18). The van der Waals surface area contributed by atoms with Gasteiger partial charge in [0, 0.05) is 13.0 Å². The van der Waals surface area contributed by atoms with Crippen molar-refractivity contribution in [2.45, 2.75) is 32.7 Å². The van der Waals surface area contributed by atoms with Crippen LogP contribution in [0, 0.1) is 0 Å². The van der Waals surface area contributed by atoms with Gasteiger partial charge in [-0.2, -0.15) is 15.0 Å². The van der Waals surface area contributed by atoms with Crippen molar-refractivity contribution in [3.8, 4) is 6.01 Å². The van der Waals surface area contributed by atoms with Crippen LogP contribution in [0.5, 0.6) is 6.01 Å². The highest BCUT2D eigenvalue weighted by atomic mass is 16.5. The first-order valence-corrected chi connectivity index (χ1v) is 6.85. The van der Waals surface area contributed by atoms with Gasteiger partial charge in [-0.3, -0.25) is 14.9 Å². The molecule has 21 heavy (non-hydrogen) atoms. The van der Waals surface area contributed by atoms with Gasteiger partial charge in [-0.25, -0.2) is 0 Å². The van der Waals surface area contributed by atoms with Crippen LogP contribution in [0.2, 0.25) is 0 Å². The summed E-state index contributed by atoms with van der Waals surface area (Å²) in [6.07, 6.45) is 0.684. The maximum atomic E-state index is 11.7. The molecule has 1 aromatic rings. The van der Waals surface area contributed by atoms with Crippen LogP contribution in [0.1, 0.15) is 26.7 Å². The molecule has 2 amide bonds. The van der Waals surface area contributed by atoms with Crippen molar-refractivity contribution in [3.63, 3.8) is 0 Å². The average molecular weight is 294 g/mol. The molecule has 2 heterocycles. The monoisotopic (exact) mass is 294 g/mol. The van der Waals surface area contributed by atoms with E-state index in [1.54, 1.807) is 0 Å². The Labute approximate surface area is 121 Å². The number of hydrogen-bond donors (Lipinski definition) is 3. The van der Waals surface area contributed by atoms with Crippen molar-refractivity contribution in [2.24, 2.45) is 0 Å². The van der Waals surface area contributed by atoms with E-state index in [0.717, 1.165) is 0 Å². The molecule has 9 heteroatoms. The highest BCUT2D eigenvalue weighted by Crippen LogP contribution is 2.14. The fourth-order valence-corrected chi connectivity index (χ4v) is 1.84. The molecule has 2 rings (SSSR count). The summed E-state index contributed by atoms with van der Waals surface area (Å²) in [4.78, 5) is 35.2. The Hall–Kier alpha value is -2.45. The molecule has 114 valence electrons. The second-order valence-corrected chi connectivity index (χ2v) is 4.38. The number of anilines is 2. The molecule has 0 saturated carbocycles. The number of imide groups is 1. The maximum Gasteiger partial charge on any atom is 0.323 e. The van der Waals surface area contributed by atoms with Crippen molar-refractivity contribution in [1.29, 1.82) is 0 Å². The van der Waals surface area contributed by atoms with Gasteiger partial charge in [-0.05, 0) is 20.3 Å². The molecule has 1 atom stereocenters. The average Bonchev–Trinajstić information content (AvgIpc) is 2.42. The van der Waals surface area contributed by atoms with E-state index in [2.05, 4.69) is 30.9 Å². The number of piperidine rings is 1. The van der Waals surface area contributed by atoms with E-state index >= 15 is 0 Å². The third-order valence-corrected chi connectivity index (χ3v) is 2.77. The van der Waals surface area contributed by atoms with Gasteiger partial charge in [0.25, 0.3) is 0 Å². The summed E-state index contributed by atoms with van der Waals surface area (Å²) >= 11 is 0.